The summed E-state index contributed by atoms with van der Waals surface area (Å²) < 4.78 is 23.8. The Morgan fingerprint density at radius 1 is 1.64 bits per heavy atom. The van der Waals surface area contributed by atoms with Gasteiger partial charge in [0.1, 0.15) is 0 Å². The Hall–Kier alpha value is 0.600. The first-order valence-electron chi connectivity index (χ1n) is 3.33. The monoisotopic (exact) mass is 290 g/mol. The first-order chi connectivity index (χ1) is 5.02. The topological polar surface area (TPSA) is 49.4 Å². The molecule has 0 saturated carbocycles. The second-order valence-electron chi connectivity index (χ2n) is 2.51. The lowest BCUT2D eigenvalue weighted by Gasteiger charge is -2.30. The van der Waals surface area contributed by atoms with Crippen molar-refractivity contribution in [2.45, 2.75) is 4.05 Å². The molecule has 1 aliphatic heterocycles. The Labute approximate surface area is 80.5 Å². The number of hydrogen-bond acceptors (Lipinski definition) is 3. The Bertz CT molecular complexity index is 229. The van der Waals surface area contributed by atoms with Crippen LogP contribution in [0.3, 0.4) is 0 Å². The molecule has 0 amide bonds. The van der Waals surface area contributed by atoms with E-state index < -0.39 is 10.0 Å². The number of rotatable bonds is 1. The third kappa shape index (κ3) is 2.53. The first kappa shape index (κ1) is 9.69. The van der Waals surface area contributed by atoms with Crippen LogP contribution in [0.1, 0.15) is 0 Å². The van der Waals surface area contributed by atoms with E-state index in [0.717, 1.165) is 13.1 Å². The van der Waals surface area contributed by atoms with Gasteiger partial charge in [-0.3, -0.25) is 0 Å². The van der Waals surface area contributed by atoms with Crippen molar-refractivity contribution in [3.63, 3.8) is 0 Å². The van der Waals surface area contributed by atoms with Crippen LogP contribution in [-0.2, 0) is 10.0 Å². The van der Waals surface area contributed by atoms with Crippen molar-refractivity contribution in [2.75, 3.05) is 25.9 Å². The standard InChI is InChI=1S/C5H11IN2O2S/c1-11(9,10)8-3-2-7-4-5(8)6/h5,7H,2-4H2,1H3. The number of nitrogens with one attached hydrogen (secondary N) is 1. The van der Waals surface area contributed by atoms with Gasteiger partial charge in [-0.25, -0.2) is 8.42 Å². The van der Waals surface area contributed by atoms with E-state index in [-0.39, 0.29) is 4.05 Å². The van der Waals surface area contributed by atoms with Crippen LogP contribution < -0.4 is 5.32 Å². The number of nitrogens with zero attached hydrogens (tertiary/aromatic N) is 1. The van der Waals surface area contributed by atoms with Crippen molar-refractivity contribution >= 4 is 32.6 Å². The van der Waals surface area contributed by atoms with E-state index in [2.05, 4.69) is 27.9 Å². The lowest BCUT2D eigenvalue weighted by atomic mass is 10.4. The van der Waals surface area contributed by atoms with Crippen LogP contribution in [0.5, 0.6) is 0 Å². The maximum atomic E-state index is 11.1. The van der Waals surface area contributed by atoms with E-state index in [0.29, 0.717) is 6.54 Å². The van der Waals surface area contributed by atoms with E-state index in [1.54, 1.807) is 0 Å². The minimum Gasteiger partial charge on any atom is -0.313 e. The van der Waals surface area contributed by atoms with Gasteiger partial charge in [0.15, 0.2) is 0 Å². The molecular weight excluding hydrogens is 279 g/mol. The van der Waals surface area contributed by atoms with Gasteiger partial charge in [0, 0.05) is 19.6 Å². The fourth-order valence-electron chi connectivity index (χ4n) is 1.03. The summed E-state index contributed by atoms with van der Waals surface area (Å²) in [5.74, 6) is 0. The molecule has 0 spiro atoms. The molecule has 6 heteroatoms. The van der Waals surface area contributed by atoms with E-state index >= 15 is 0 Å². The third-order valence-electron chi connectivity index (χ3n) is 1.56. The molecule has 66 valence electrons. The summed E-state index contributed by atoms with van der Waals surface area (Å²) in [6, 6.07) is 0. The maximum absolute atomic E-state index is 11.1. The smallest absolute Gasteiger partial charge is 0.212 e. The molecule has 11 heavy (non-hydrogen) atoms. The highest BCUT2D eigenvalue weighted by atomic mass is 127. The van der Waals surface area contributed by atoms with Gasteiger partial charge in [0.25, 0.3) is 0 Å². The average molecular weight is 290 g/mol. The summed E-state index contributed by atoms with van der Waals surface area (Å²) >= 11 is 2.13. The van der Waals surface area contributed by atoms with Gasteiger partial charge < -0.3 is 5.32 Å². The summed E-state index contributed by atoms with van der Waals surface area (Å²) in [4.78, 5) is 0. The molecule has 1 rings (SSSR count). The molecule has 1 N–H and O–H groups in total. The van der Waals surface area contributed by atoms with Gasteiger partial charge in [-0.1, -0.05) is 22.6 Å². The highest BCUT2D eigenvalue weighted by Gasteiger charge is 2.26. The van der Waals surface area contributed by atoms with Crippen molar-refractivity contribution in [3.05, 3.63) is 0 Å². The predicted molar refractivity (Wildman–Crippen MR) is 52.2 cm³/mol. The molecular formula is C5H11IN2O2S. The molecule has 1 fully saturated rings. The van der Waals surface area contributed by atoms with E-state index in [4.69, 9.17) is 0 Å². The van der Waals surface area contributed by atoms with E-state index in [1.165, 1.54) is 10.6 Å². The Morgan fingerprint density at radius 3 is 2.64 bits per heavy atom. The van der Waals surface area contributed by atoms with Crippen LogP contribution in [-0.4, -0.2) is 42.7 Å². The zero-order valence-electron chi connectivity index (χ0n) is 6.25. The van der Waals surface area contributed by atoms with Crippen molar-refractivity contribution in [1.29, 1.82) is 0 Å². The number of alkyl halides is 1. The Balaban J connectivity index is 2.70. The minimum atomic E-state index is -2.99. The van der Waals surface area contributed by atoms with Gasteiger partial charge in [0.05, 0.1) is 10.3 Å². The molecule has 0 aliphatic carbocycles. The van der Waals surface area contributed by atoms with Gasteiger partial charge in [-0.2, -0.15) is 4.31 Å². The first-order valence-corrected chi connectivity index (χ1v) is 6.43. The molecule has 0 bridgehead atoms. The second kappa shape index (κ2) is 3.55. The predicted octanol–water partition coefficient (Wildman–Crippen LogP) is -0.388. The van der Waals surface area contributed by atoms with Crippen LogP contribution >= 0.6 is 22.6 Å². The molecule has 0 aromatic rings. The van der Waals surface area contributed by atoms with Crippen molar-refractivity contribution in [2.24, 2.45) is 0 Å². The van der Waals surface area contributed by atoms with E-state index in [1.807, 2.05) is 0 Å². The maximum Gasteiger partial charge on any atom is 0.212 e. The molecule has 0 aromatic carbocycles. The highest BCUT2D eigenvalue weighted by Crippen LogP contribution is 2.13. The number of sulfonamides is 1. The molecule has 1 heterocycles. The Morgan fingerprint density at radius 2 is 2.27 bits per heavy atom. The molecule has 1 aliphatic rings. The highest BCUT2D eigenvalue weighted by molar-refractivity contribution is 14.1. The van der Waals surface area contributed by atoms with Gasteiger partial charge in [-0.05, 0) is 0 Å². The average Bonchev–Trinajstić information content (AvgIpc) is 1.86. The molecule has 0 aromatic heterocycles. The summed E-state index contributed by atoms with van der Waals surface area (Å²) in [7, 11) is -2.99. The van der Waals surface area contributed by atoms with E-state index in [9.17, 15) is 8.42 Å². The minimum absolute atomic E-state index is 0.0661. The van der Waals surface area contributed by atoms with Crippen molar-refractivity contribution < 1.29 is 8.42 Å². The fraction of sp³-hybridized carbons (Fsp3) is 1.00. The fourth-order valence-corrected chi connectivity index (χ4v) is 3.77. The number of halogens is 1. The van der Waals surface area contributed by atoms with Crippen molar-refractivity contribution in [1.82, 2.24) is 9.62 Å². The lowest BCUT2D eigenvalue weighted by Crippen LogP contribution is -2.50. The summed E-state index contributed by atoms with van der Waals surface area (Å²) in [6.45, 7) is 2.09. The Kier molecular flexibility index (Phi) is 3.12. The summed E-state index contributed by atoms with van der Waals surface area (Å²) in [6.07, 6.45) is 1.25. The van der Waals surface area contributed by atoms with Crippen LogP contribution in [0.2, 0.25) is 0 Å². The summed E-state index contributed by atoms with van der Waals surface area (Å²) in [5, 5.41) is 3.12. The zero-order chi connectivity index (χ0) is 8.48. The van der Waals surface area contributed by atoms with Crippen LogP contribution in [0.4, 0.5) is 0 Å². The van der Waals surface area contributed by atoms with Crippen LogP contribution in [0.25, 0.3) is 0 Å². The lowest BCUT2D eigenvalue weighted by molar-refractivity contribution is 0.350. The quantitative estimate of drug-likeness (QED) is 0.406. The van der Waals surface area contributed by atoms with Crippen LogP contribution in [0, 0.1) is 0 Å². The second-order valence-corrected chi connectivity index (χ2v) is 5.89. The normalized spacial score (nSPS) is 28.7. The van der Waals surface area contributed by atoms with Gasteiger partial charge in [0.2, 0.25) is 10.0 Å². The molecule has 4 nitrogen and oxygen atoms in total. The molecule has 1 saturated heterocycles. The van der Waals surface area contributed by atoms with Gasteiger partial charge in [-0.15, -0.1) is 0 Å². The van der Waals surface area contributed by atoms with Crippen LogP contribution in [0.15, 0.2) is 0 Å². The summed E-state index contributed by atoms with van der Waals surface area (Å²) in [5.41, 5.74) is 0. The number of piperazine rings is 1. The zero-order valence-corrected chi connectivity index (χ0v) is 9.22. The van der Waals surface area contributed by atoms with Gasteiger partial charge >= 0.3 is 0 Å². The van der Waals surface area contributed by atoms with Crippen molar-refractivity contribution in [3.8, 4) is 0 Å². The number of hydrogen-bond donors (Lipinski definition) is 1. The molecule has 1 atom stereocenters. The largest absolute Gasteiger partial charge is 0.313 e. The molecule has 1 unspecified atom stereocenters. The third-order valence-corrected chi connectivity index (χ3v) is 4.34. The SMILES string of the molecule is CS(=O)(=O)N1CCNCC1I. The molecule has 0 radical (unpaired) electrons.